The van der Waals surface area contributed by atoms with Crippen LogP contribution >= 0.6 is 0 Å². The highest BCUT2D eigenvalue weighted by molar-refractivity contribution is 7.90. The molecular formula is C28H31F3N6O9S. The Balaban J connectivity index is 1.16. The molecule has 0 aliphatic carbocycles. The fourth-order valence-electron chi connectivity index (χ4n) is 4.58. The molecule has 0 bridgehead atoms. The van der Waals surface area contributed by atoms with Crippen LogP contribution in [0.4, 0.5) is 22.8 Å². The quantitative estimate of drug-likeness (QED) is 0.188. The number of hydrogen-bond donors (Lipinski definition) is 1. The van der Waals surface area contributed by atoms with Crippen molar-refractivity contribution >= 4 is 22.3 Å². The summed E-state index contributed by atoms with van der Waals surface area (Å²) in [4.78, 5) is 30.1. The van der Waals surface area contributed by atoms with Crippen molar-refractivity contribution in [2.45, 2.75) is 57.1 Å². The second-order valence-electron chi connectivity index (χ2n) is 10.4. The van der Waals surface area contributed by atoms with E-state index >= 15 is 0 Å². The molecule has 19 heteroatoms. The van der Waals surface area contributed by atoms with Crippen LogP contribution in [-0.2, 0) is 30.4 Å². The van der Waals surface area contributed by atoms with Gasteiger partial charge in [-0.25, -0.2) is 27.4 Å². The van der Waals surface area contributed by atoms with Crippen LogP contribution in [0.5, 0.6) is 0 Å². The van der Waals surface area contributed by atoms with E-state index in [2.05, 4.69) is 9.84 Å². The van der Waals surface area contributed by atoms with Gasteiger partial charge >= 0.3 is 18.4 Å². The van der Waals surface area contributed by atoms with Crippen molar-refractivity contribution in [2.75, 3.05) is 24.7 Å². The molecule has 0 saturated carbocycles. The van der Waals surface area contributed by atoms with Gasteiger partial charge in [-0.1, -0.05) is 29.8 Å². The Hall–Kier alpha value is -5.07. The van der Waals surface area contributed by atoms with E-state index < -0.39 is 46.5 Å². The molecule has 47 heavy (non-hydrogen) atoms. The molecule has 1 aliphatic heterocycles. The van der Waals surface area contributed by atoms with Gasteiger partial charge in [0, 0.05) is 43.4 Å². The molecular weight excluding hydrogens is 653 g/mol. The van der Waals surface area contributed by atoms with Crippen LogP contribution in [0.1, 0.15) is 37.9 Å². The number of amides is 1. The Kier molecular flexibility index (Phi) is 9.45. The van der Waals surface area contributed by atoms with Gasteiger partial charge in [0.2, 0.25) is 0 Å². The summed E-state index contributed by atoms with van der Waals surface area (Å²) < 4.78 is 89.3. The maximum atomic E-state index is 13.5. The fraction of sp³-hybridized carbons (Fsp3) is 0.393. The normalized spacial score (nSPS) is 14.9. The van der Waals surface area contributed by atoms with Gasteiger partial charge in [-0.3, -0.25) is 5.01 Å². The van der Waals surface area contributed by atoms with Gasteiger partial charge in [-0.15, -0.1) is 0 Å². The zero-order valence-electron chi connectivity index (χ0n) is 25.3. The molecule has 1 unspecified atom stereocenters. The fourth-order valence-corrected chi connectivity index (χ4v) is 5.46. The lowest BCUT2D eigenvalue weighted by atomic mass is 10.1. The van der Waals surface area contributed by atoms with Crippen LogP contribution < -0.4 is 14.6 Å². The Bertz CT molecular complexity index is 1790. The summed E-state index contributed by atoms with van der Waals surface area (Å²) in [6.07, 6.45) is -7.72. The first-order chi connectivity index (χ1) is 22.2. The number of sulfonamides is 1. The molecule has 1 amide bonds. The Morgan fingerprint density at radius 3 is 2.36 bits per heavy atom. The van der Waals surface area contributed by atoms with Crippen molar-refractivity contribution in [3.63, 3.8) is 0 Å². The van der Waals surface area contributed by atoms with Gasteiger partial charge in [0.05, 0.1) is 22.9 Å². The monoisotopic (exact) mass is 684 g/mol. The molecule has 4 aromatic rings. The average Bonchev–Trinajstić information content (AvgIpc) is 3.60. The number of ether oxygens (including phenoxy) is 3. The summed E-state index contributed by atoms with van der Waals surface area (Å²) in [6.45, 7) is 5.79. The zero-order chi connectivity index (χ0) is 33.9. The second kappa shape index (κ2) is 13.3. The van der Waals surface area contributed by atoms with Crippen molar-refractivity contribution in [3.05, 3.63) is 65.9 Å². The zero-order valence-corrected chi connectivity index (χ0v) is 26.2. The number of halogens is 3. The molecule has 2 aromatic carbocycles. The number of aromatic nitrogens is 4. The summed E-state index contributed by atoms with van der Waals surface area (Å²) in [5.41, 5.74) is 0.616. The van der Waals surface area contributed by atoms with Crippen LogP contribution in [0, 0.1) is 6.92 Å². The van der Waals surface area contributed by atoms with E-state index in [1.165, 1.54) is 24.0 Å². The predicted molar refractivity (Wildman–Crippen MR) is 155 cm³/mol. The maximum absolute atomic E-state index is 13.5. The molecule has 0 radical (unpaired) electrons. The van der Waals surface area contributed by atoms with E-state index in [9.17, 15) is 31.2 Å². The Labute approximate surface area is 266 Å². The minimum Gasteiger partial charge on any atom is -0.445 e. The molecule has 15 nitrogen and oxygen atoms in total. The number of carbonyl (C=O) groups is 2. The number of benzene rings is 2. The number of carbonyl (C=O) groups excluding carboxylic acids is 2. The number of piperidine rings is 1. The first-order valence-electron chi connectivity index (χ1n) is 14.3. The first kappa shape index (κ1) is 33.3. The first-order valence-corrected chi connectivity index (χ1v) is 15.8. The summed E-state index contributed by atoms with van der Waals surface area (Å²) in [5, 5.41) is 6.42. The van der Waals surface area contributed by atoms with E-state index in [1.54, 1.807) is 36.2 Å². The second-order valence-corrected chi connectivity index (χ2v) is 12.1. The molecule has 3 heterocycles. The van der Waals surface area contributed by atoms with Gasteiger partial charge in [-0.05, 0) is 44.2 Å². The third-order valence-electron chi connectivity index (χ3n) is 6.91. The largest absolute Gasteiger partial charge is 0.511 e. The lowest BCUT2D eigenvalue weighted by Gasteiger charge is -2.28. The van der Waals surface area contributed by atoms with Crippen molar-refractivity contribution in [3.8, 4) is 16.9 Å². The van der Waals surface area contributed by atoms with Crippen LogP contribution in [0.2, 0.25) is 0 Å². The van der Waals surface area contributed by atoms with E-state index in [1.807, 2.05) is 11.6 Å². The lowest BCUT2D eigenvalue weighted by Crippen LogP contribution is -2.44. The van der Waals surface area contributed by atoms with Gasteiger partial charge in [-0.2, -0.15) is 22.9 Å². The minimum absolute atomic E-state index is 0.145. The van der Waals surface area contributed by atoms with Crippen molar-refractivity contribution in [1.29, 1.82) is 0 Å². The summed E-state index contributed by atoms with van der Waals surface area (Å²) in [5.74, 6) is 0. The maximum Gasteiger partial charge on any atom is 0.511 e. The van der Waals surface area contributed by atoms with E-state index in [0.29, 0.717) is 31.5 Å². The molecule has 0 spiro atoms. The molecule has 2 aromatic heterocycles. The number of alkyl halides is 3. The SMILES string of the molecule is CCOC(=O)OC(C)On1on1N1CCC(OC(=O)NS(=O)(=O)c2ccc(-n3nc(C(F)(F)F)cc3-c3ccc(C)cc3)cc2)CC1. The molecule has 1 atom stereocenters. The Morgan fingerprint density at radius 2 is 1.74 bits per heavy atom. The van der Waals surface area contributed by atoms with Gasteiger partial charge < -0.3 is 19.0 Å². The van der Waals surface area contributed by atoms with Crippen LogP contribution in [0.3, 0.4) is 0 Å². The highest BCUT2D eigenvalue weighted by Gasteiger charge is 2.35. The van der Waals surface area contributed by atoms with Crippen molar-refractivity contribution in [1.82, 2.24) is 24.5 Å². The number of hydrogen-bond acceptors (Lipinski definition) is 11. The molecule has 1 fully saturated rings. The summed E-state index contributed by atoms with van der Waals surface area (Å²) in [7, 11) is -4.38. The topological polar surface area (TPSA) is 161 Å². The molecule has 1 saturated heterocycles. The molecule has 5 rings (SSSR count). The number of nitrogens with one attached hydrogen (secondary N) is 1. The minimum atomic E-state index is -4.70. The van der Waals surface area contributed by atoms with Gasteiger partial charge in [0.15, 0.2) is 5.69 Å². The summed E-state index contributed by atoms with van der Waals surface area (Å²) >= 11 is 0. The van der Waals surface area contributed by atoms with E-state index in [0.717, 1.165) is 33.5 Å². The standard InChI is InChI=1S/C28H31F3N6O9S/c1-4-42-27(39)43-19(3)45-37-36(46-37)34-15-13-22(14-16-34)44-26(38)33-47(40,41)23-11-9-21(10-12-23)35-24(17-25(32-35)28(29,30)31)20-7-5-18(2)6-8-20/h5-12,17,19,22H,4,13-16H2,1-3H3,(H,33,38). The van der Waals surface area contributed by atoms with Crippen molar-refractivity contribution in [2.24, 2.45) is 0 Å². The summed E-state index contributed by atoms with van der Waals surface area (Å²) in [6, 6.07) is 12.6. The van der Waals surface area contributed by atoms with Gasteiger partial charge in [0.25, 0.3) is 16.3 Å². The number of nitrogens with zero attached hydrogens (tertiary/aromatic N) is 5. The molecule has 1 N–H and O–H groups in total. The van der Waals surface area contributed by atoms with E-state index in [4.69, 9.17) is 18.9 Å². The smallest absolute Gasteiger partial charge is 0.445 e. The van der Waals surface area contributed by atoms with E-state index in [-0.39, 0.29) is 22.9 Å². The molecule has 254 valence electrons. The predicted octanol–water partition coefficient (Wildman–Crippen LogP) is 4.23. The Morgan fingerprint density at radius 1 is 1.09 bits per heavy atom. The number of rotatable bonds is 10. The number of aryl methyl sites for hydroxylation is 1. The average molecular weight is 685 g/mol. The third-order valence-corrected chi connectivity index (χ3v) is 8.24. The van der Waals surface area contributed by atoms with Crippen LogP contribution in [-0.4, -0.2) is 72.5 Å². The molecule has 1 aliphatic rings. The van der Waals surface area contributed by atoms with Crippen molar-refractivity contribution < 1.29 is 54.9 Å². The van der Waals surface area contributed by atoms with Gasteiger partial charge in [0.1, 0.15) is 11.1 Å². The lowest BCUT2D eigenvalue weighted by molar-refractivity contribution is -0.141. The highest BCUT2D eigenvalue weighted by Crippen LogP contribution is 2.33. The van der Waals surface area contributed by atoms with Crippen LogP contribution in [0.25, 0.3) is 16.9 Å². The highest BCUT2D eigenvalue weighted by atomic mass is 32.2. The van der Waals surface area contributed by atoms with Crippen LogP contribution in [0.15, 0.2) is 64.1 Å². The third kappa shape index (κ3) is 8.21.